The zero-order valence-corrected chi connectivity index (χ0v) is 15.2. The van der Waals surface area contributed by atoms with Crippen LogP contribution in [0.3, 0.4) is 0 Å². The molecule has 1 N–H and O–H groups in total. The molecule has 2 atom stereocenters. The Morgan fingerprint density at radius 2 is 1.59 bits per heavy atom. The van der Waals surface area contributed by atoms with E-state index in [2.05, 4.69) is 4.99 Å². The molecule has 162 valence electrons. The van der Waals surface area contributed by atoms with E-state index in [1.165, 1.54) is 0 Å². The van der Waals surface area contributed by atoms with Crippen LogP contribution in [0.25, 0.3) is 0 Å². The Morgan fingerprint density at radius 1 is 1.00 bits per heavy atom. The van der Waals surface area contributed by atoms with Crippen molar-refractivity contribution in [2.75, 3.05) is 6.54 Å². The Labute approximate surface area is 163 Å². The van der Waals surface area contributed by atoms with Crippen molar-refractivity contribution in [3.63, 3.8) is 0 Å². The molecule has 0 amide bonds. The number of hydrogen-bond acceptors (Lipinski definition) is 3. The number of rotatable bonds is 3. The summed E-state index contributed by atoms with van der Waals surface area (Å²) in [7, 11) is 0. The van der Waals surface area contributed by atoms with Gasteiger partial charge in [0.15, 0.2) is 5.71 Å². The Morgan fingerprint density at radius 3 is 2.03 bits per heavy atom. The summed E-state index contributed by atoms with van der Waals surface area (Å²) in [6, 6.07) is 0.598. The molecule has 0 saturated carbocycles. The SMILES string of the molecule is CCCN1C(Cl)C(=N)C(C(F)(F)F)=NC1c1ccc(C(F)(F)F)cc1C(F)(F)F. The van der Waals surface area contributed by atoms with Gasteiger partial charge < -0.3 is 5.41 Å². The van der Waals surface area contributed by atoms with E-state index in [-0.39, 0.29) is 19.0 Å². The van der Waals surface area contributed by atoms with Gasteiger partial charge in [-0.05, 0) is 18.6 Å². The minimum absolute atomic E-state index is 0.145. The van der Waals surface area contributed by atoms with Crippen molar-refractivity contribution in [2.45, 2.75) is 43.5 Å². The van der Waals surface area contributed by atoms with Gasteiger partial charge in [0.2, 0.25) is 0 Å². The van der Waals surface area contributed by atoms with Crippen LogP contribution < -0.4 is 0 Å². The minimum Gasteiger partial charge on any atom is -0.300 e. The predicted molar refractivity (Wildman–Crippen MR) is 87.0 cm³/mol. The van der Waals surface area contributed by atoms with Crippen LogP contribution in [0.4, 0.5) is 39.5 Å². The average molecular weight is 454 g/mol. The van der Waals surface area contributed by atoms with Gasteiger partial charge in [0.05, 0.1) is 16.8 Å². The van der Waals surface area contributed by atoms with Crippen LogP contribution in [0.1, 0.15) is 36.2 Å². The molecule has 1 aromatic rings. The molecule has 0 bridgehead atoms. The number of alkyl halides is 10. The van der Waals surface area contributed by atoms with Crippen LogP contribution in [0.5, 0.6) is 0 Å². The lowest BCUT2D eigenvalue weighted by atomic mass is 9.98. The van der Waals surface area contributed by atoms with Crippen LogP contribution in [0, 0.1) is 5.41 Å². The van der Waals surface area contributed by atoms with Crippen molar-refractivity contribution in [3.8, 4) is 0 Å². The summed E-state index contributed by atoms with van der Waals surface area (Å²) in [5.74, 6) is 0. The van der Waals surface area contributed by atoms with Gasteiger partial charge in [-0.15, -0.1) is 0 Å². The molecular formula is C16H13ClF9N3. The van der Waals surface area contributed by atoms with Gasteiger partial charge in [-0.3, -0.25) is 9.89 Å². The molecule has 13 heteroatoms. The lowest BCUT2D eigenvalue weighted by Crippen LogP contribution is -2.50. The first kappa shape index (κ1) is 23.5. The molecule has 0 aromatic heterocycles. The number of benzene rings is 1. The van der Waals surface area contributed by atoms with Crippen molar-refractivity contribution >= 4 is 23.0 Å². The molecule has 0 aliphatic carbocycles. The highest BCUT2D eigenvalue weighted by molar-refractivity contribution is 6.53. The Bertz CT molecular complexity index is 811. The van der Waals surface area contributed by atoms with Gasteiger partial charge in [0.25, 0.3) is 0 Å². The summed E-state index contributed by atoms with van der Waals surface area (Å²) in [6.45, 7) is 1.42. The fraction of sp³-hybridized carbons (Fsp3) is 0.500. The van der Waals surface area contributed by atoms with Crippen LogP contribution in [0.15, 0.2) is 23.2 Å². The smallest absolute Gasteiger partial charge is 0.300 e. The fourth-order valence-corrected chi connectivity index (χ4v) is 3.15. The monoisotopic (exact) mass is 453 g/mol. The Balaban J connectivity index is 2.76. The van der Waals surface area contributed by atoms with Crippen molar-refractivity contribution in [2.24, 2.45) is 4.99 Å². The molecular weight excluding hydrogens is 441 g/mol. The zero-order valence-electron chi connectivity index (χ0n) is 14.5. The maximum absolute atomic E-state index is 13.5. The maximum Gasteiger partial charge on any atom is 0.434 e. The molecule has 0 radical (unpaired) electrons. The summed E-state index contributed by atoms with van der Waals surface area (Å²) < 4.78 is 119. The third kappa shape index (κ3) is 4.85. The van der Waals surface area contributed by atoms with Crippen molar-refractivity contribution in [1.82, 2.24) is 4.90 Å². The Kier molecular flexibility index (Phi) is 6.30. The van der Waals surface area contributed by atoms with Crippen LogP contribution in [0.2, 0.25) is 0 Å². The second-order valence-corrected chi connectivity index (χ2v) is 6.55. The zero-order chi connectivity index (χ0) is 22.4. The first-order chi connectivity index (χ1) is 13.1. The summed E-state index contributed by atoms with van der Waals surface area (Å²) in [5.41, 5.74) is -8.99. The van der Waals surface area contributed by atoms with Gasteiger partial charge in [-0.1, -0.05) is 24.6 Å². The van der Waals surface area contributed by atoms with Gasteiger partial charge >= 0.3 is 18.5 Å². The van der Waals surface area contributed by atoms with E-state index in [4.69, 9.17) is 17.0 Å². The summed E-state index contributed by atoms with van der Waals surface area (Å²) >= 11 is 5.89. The molecule has 2 rings (SSSR count). The maximum atomic E-state index is 13.5. The summed E-state index contributed by atoms with van der Waals surface area (Å²) in [4.78, 5) is 4.15. The lowest BCUT2D eigenvalue weighted by molar-refractivity contribution is -0.143. The normalized spacial score (nSPS) is 22.0. The second-order valence-electron chi connectivity index (χ2n) is 6.13. The van der Waals surface area contributed by atoms with E-state index in [0.717, 1.165) is 4.90 Å². The van der Waals surface area contributed by atoms with Crippen molar-refractivity contribution in [1.29, 1.82) is 5.41 Å². The largest absolute Gasteiger partial charge is 0.434 e. The predicted octanol–water partition coefficient (Wildman–Crippen LogP) is 6.04. The van der Waals surface area contributed by atoms with E-state index < -0.39 is 58.3 Å². The molecule has 0 saturated heterocycles. The number of hydrogen-bond donors (Lipinski definition) is 1. The van der Waals surface area contributed by atoms with Crippen LogP contribution in [-0.2, 0) is 12.4 Å². The van der Waals surface area contributed by atoms with Crippen LogP contribution in [-0.4, -0.2) is 34.5 Å². The summed E-state index contributed by atoms with van der Waals surface area (Å²) in [5, 5.41) is 7.57. The Hall–Kier alpha value is -1.82. The number of nitrogens with one attached hydrogen (secondary N) is 1. The molecule has 1 aliphatic rings. The van der Waals surface area contributed by atoms with E-state index >= 15 is 0 Å². The molecule has 1 aliphatic heterocycles. The first-order valence-electron chi connectivity index (χ1n) is 8.01. The van der Waals surface area contributed by atoms with Crippen molar-refractivity contribution < 1.29 is 39.5 Å². The second kappa shape index (κ2) is 7.78. The number of nitrogens with zero attached hydrogens (tertiary/aromatic N) is 2. The topological polar surface area (TPSA) is 39.5 Å². The highest BCUT2D eigenvalue weighted by atomic mass is 35.5. The molecule has 3 nitrogen and oxygen atoms in total. The fourth-order valence-electron chi connectivity index (χ4n) is 2.84. The van der Waals surface area contributed by atoms with E-state index in [1.807, 2.05) is 0 Å². The quantitative estimate of drug-likeness (QED) is 0.338. The van der Waals surface area contributed by atoms with Crippen LogP contribution >= 0.6 is 11.6 Å². The summed E-state index contributed by atoms with van der Waals surface area (Å²) in [6.07, 6.45) is -17.3. The van der Waals surface area contributed by atoms with Gasteiger partial charge in [0.1, 0.15) is 11.7 Å². The van der Waals surface area contributed by atoms with Gasteiger partial charge in [0, 0.05) is 12.1 Å². The number of aliphatic imine (C=N–C) groups is 1. The van der Waals surface area contributed by atoms with Gasteiger partial charge in [-0.2, -0.15) is 39.5 Å². The molecule has 29 heavy (non-hydrogen) atoms. The minimum atomic E-state index is -5.30. The highest BCUT2D eigenvalue weighted by Crippen LogP contribution is 2.43. The molecule has 1 heterocycles. The van der Waals surface area contributed by atoms with E-state index in [0.29, 0.717) is 12.1 Å². The standard InChI is InChI=1S/C16H13ClF9N3/c1-2-5-29-12(17)10(27)11(16(24,25)26)28-13(29)8-4-3-7(14(18,19)20)6-9(8)15(21,22)23/h3-4,6,12-13,27H,2,5H2,1H3. The van der Waals surface area contributed by atoms with Gasteiger partial charge in [-0.25, -0.2) is 0 Å². The molecule has 2 unspecified atom stereocenters. The lowest BCUT2D eigenvalue weighted by Gasteiger charge is -2.38. The van der Waals surface area contributed by atoms with E-state index in [9.17, 15) is 39.5 Å². The third-order valence-corrected chi connectivity index (χ3v) is 4.53. The number of halogens is 10. The molecule has 1 aromatic carbocycles. The third-order valence-electron chi connectivity index (χ3n) is 4.06. The molecule has 0 fully saturated rings. The molecule has 0 spiro atoms. The van der Waals surface area contributed by atoms with E-state index in [1.54, 1.807) is 6.92 Å². The first-order valence-corrected chi connectivity index (χ1v) is 8.44. The average Bonchev–Trinajstić information content (AvgIpc) is 2.56. The van der Waals surface area contributed by atoms with Crippen molar-refractivity contribution in [3.05, 3.63) is 34.9 Å². The highest BCUT2D eigenvalue weighted by Gasteiger charge is 2.48.